The minimum atomic E-state index is -4.41. The van der Waals surface area contributed by atoms with Gasteiger partial charge in [-0.25, -0.2) is 0 Å². The van der Waals surface area contributed by atoms with Gasteiger partial charge in [-0.2, -0.15) is 18.4 Å². The lowest BCUT2D eigenvalue weighted by Gasteiger charge is -2.08. The Morgan fingerprint density at radius 3 is 2.54 bits per heavy atom. The number of anilines is 1. The molecule has 0 spiro atoms. The molecule has 4 nitrogen and oxygen atoms in total. The van der Waals surface area contributed by atoms with Gasteiger partial charge in [0.15, 0.2) is 5.76 Å². The zero-order valence-electron chi connectivity index (χ0n) is 13.3. The van der Waals surface area contributed by atoms with Gasteiger partial charge in [-0.05, 0) is 18.2 Å². The molecule has 3 aromatic rings. The number of benzene rings is 2. The fraction of sp³-hybridized carbons (Fsp3) is 0.0526. The molecule has 1 N–H and O–H groups in total. The van der Waals surface area contributed by atoms with E-state index in [9.17, 15) is 18.4 Å². The lowest BCUT2D eigenvalue weighted by molar-refractivity contribution is -0.137. The average Bonchev–Trinajstić information content (AvgIpc) is 3.05. The van der Waals surface area contributed by atoms with Crippen molar-refractivity contribution < 1.29 is 17.7 Å². The summed E-state index contributed by atoms with van der Waals surface area (Å²) in [4.78, 5) is 0. The fourth-order valence-corrected chi connectivity index (χ4v) is 2.32. The maximum Gasteiger partial charge on any atom is 0.416 e. The third-order valence-corrected chi connectivity index (χ3v) is 3.55. The van der Waals surface area contributed by atoms with Gasteiger partial charge in [-0.3, -0.25) is 0 Å². The number of hydrogen-bond donors (Lipinski definition) is 1. The van der Waals surface area contributed by atoms with Crippen LogP contribution in [0.25, 0.3) is 17.3 Å². The molecule has 0 aliphatic carbocycles. The first-order chi connectivity index (χ1) is 12.5. The number of alkyl halides is 3. The molecule has 0 unspecified atom stereocenters. The normalized spacial score (nSPS) is 11.5. The van der Waals surface area contributed by atoms with Gasteiger partial charge in [0.05, 0.1) is 5.56 Å². The van der Waals surface area contributed by atoms with E-state index >= 15 is 0 Å². The molecule has 0 saturated carbocycles. The second-order valence-corrected chi connectivity index (χ2v) is 5.30. The largest absolute Gasteiger partial charge is 0.416 e. The van der Waals surface area contributed by atoms with Crippen LogP contribution >= 0.6 is 0 Å². The molecule has 3 rings (SSSR count). The van der Waals surface area contributed by atoms with Crippen molar-refractivity contribution in [3.63, 3.8) is 0 Å². The van der Waals surface area contributed by atoms with E-state index in [-0.39, 0.29) is 17.0 Å². The van der Waals surface area contributed by atoms with Crippen LogP contribution in [0.15, 0.2) is 65.3 Å². The van der Waals surface area contributed by atoms with Crippen LogP contribution in [0.4, 0.5) is 18.9 Å². The molecule has 0 bridgehead atoms. The molecule has 0 fully saturated rings. The van der Waals surface area contributed by atoms with Crippen LogP contribution in [0, 0.1) is 11.3 Å². The molecule has 2 aromatic carbocycles. The summed E-state index contributed by atoms with van der Waals surface area (Å²) in [6, 6.07) is 15.9. The van der Waals surface area contributed by atoms with Gasteiger partial charge in [0.1, 0.15) is 17.3 Å². The Kier molecular flexibility index (Phi) is 4.76. The van der Waals surface area contributed by atoms with Gasteiger partial charge in [-0.1, -0.05) is 41.6 Å². The van der Waals surface area contributed by atoms with Gasteiger partial charge >= 0.3 is 6.18 Å². The first-order valence-electron chi connectivity index (χ1n) is 7.54. The lowest BCUT2D eigenvalue weighted by atomic mass is 10.1. The zero-order chi connectivity index (χ0) is 18.6. The summed E-state index contributed by atoms with van der Waals surface area (Å²) in [6.07, 6.45) is -1.57. The van der Waals surface area contributed by atoms with E-state index in [0.29, 0.717) is 5.69 Å². The predicted molar refractivity (Wildman–Crippen MR) is 90.8 cm³/mol. The zero-order valence-corrected chi connectivity index (χ0v) is 13.3. The molecular weight excluding hydrogens is 343 g/mol. The summed E-state index contributed by atoms with van der Waals surface area (Å²) in [6.45, 7) is 0. The van der Waals surface area contributed by atoms with E-state index in [1.165, 1.54) is 24.4 Å². The Morgan fingerprint density at radius 2 is 1.85 bits per heavy atom. The third-order valence-electron chi connectivity index (χ3n) is 3.55. The molecular formula is C19H12F3N3O. The van der Waals surface area contributed by atoms with Crippen molar-refractivity contribution in [2.45, 2.75) is 6.18 Å². The molecule has 0 aliphatic heterocycles. The number of aromatic nitrogens is 1. The van der Waals surface area contributed by atoms with Crippen molar-refractivity contribution in [1.29, 1.82) is 5.26 Å². The minimum Gasteiger partial charge on any atom is -0.362 e. The molecule has 130 valence electrons. The van der Waals surface area contributed by atoms with Crippen LogP contribution in [0.3, 0.4) is 0 Å². The van der Waals surface area contributed by atoms with E-state index < -0.39 is 11.7 Å². The lowest BCUT2D eigenvalue weighted by Crippen LogP contribution is -2.04. The number of hydrogen-bond acceptors (Lipinski definition) is 4. The Morgan fingerprint density at radius 1 is 1.08 bits per heavy atom. The number of rotatable bonds is 4. The molecule has 1 heterocycles. The third kappa shape index (κ3) is 3.75. The minimum absolute atomic E-state index is 0.214. The number of nitrogens with zero attached hydrogens (tertiary/aromatic N) is 2. The highest BCUT2D eigenvalue weighted by Gasteiger charge is 2.30. The highest BCUT2D eigenvalue weighted by Crippen LogP contribution is 2.31. The summed E-state index contributed by atoms with van der Waals surface area (Å²) in [5.74, 6) is 0.214. The van der Waals surface area contributed by atoms with E-state index in [1.807, 2.05) is 24.3 Å². The molecule has 0 atom stereocenters. The molecule has 0 aliphatic rings. The van der Waals surface area contributed by atoms with Gasteiger partial charge < -0.3 is 9.84 Å². The van der Waals surface area contributed by atoms with E-state index in [1.54, 1.807) is 12.1 Å². The number of nitrogens with one attached hydrogen (secondary N) is 1. The van der Waals surface area contributed by atoms with Crippen molar-refractivity contribution in [3.05, 3.63) is 77.7 Å². The first kappa shape index (κ1) is 17.3. The topological polar surface area (TPSA) is 61.9 Å². The smallest absolute Gasteiger partial charge is 0.362 e. The Labute approximate surface area is 147 Å². The van der Waals surface area contributed by atoms with Crippen LogP contribution in [-0.2, 0) is 6.18 Å². The summed E-state index contributed by atoms with van der Waals surface area (Å²) in [5.41, 5.74) is 0.903. The Hall–Kier alpha value is -3.53. The van der Waals surface area contributed by atoms with Crippen molar-refractivity contribution in [2.75, 3.05) is 5.32 Å². The highest BCUT2D eigenvalue weighted by atomic mass is 19.4. The predicted octanol–water partition coefficient (Wildman–Crippen LogP) is 5.31. The van der Waals surface area contributed by atoms with Gasteiger partial charge in [-0.15, -0.1) is 0 Å². The van der Waals surface area contributed by atoms with Crippen molar-refractivity contribution >= 4 is 11.8 Å². The number of nitriles is 1. The van der Waals surface area contributed by atoms with Crippen LogP contribution in [-0.4, -0.2) is 5.16 Å². The van der Waals surface area contributed by atoms with Crippen LogP contribution in [0.2, 0.25) is 0 Å². The second-order valence-electron chi connectivity index (χ2n) is 5.30. The van der Waals surface area contributed by atoms with Gasteiger partial charge in [0.2, 0.25) is 0 Å². The average molecular weight is 355 g/mol. The molecule has 0 saturated heterocycles. The molecule has 26 heavy (non-hydrogen) atoms. The maximum absolute atomic E-state index is 12.7. The highest BCUT2D eigenvalue weighted by molar-refractivity contribution is 5.71. The monoisotopic (exact) mass is 355 g/mol. The van der Waals surface area contributed by atoms with Crippen molar-refractivity contribution in [3.8, 4) is 17.3 Å². The summed E-state index contributed by atoms with van der Waals surface area (Å²) < 4.78 is 43.3. The fourth-order valence-electron chi connectivity index (χ4n) is 2.32. The van der Waals surface area contributed by atoms with Gasteiger partial charge in [0.25, 0.3) is 0 Å². The molecule has 0 amide bonds. The van der Waals surface area contributed by atoms with Gasteiger partial charge in [0, 0.05) is 23.5 Å². The first-order valence-corrected chi connectivity index (χ1v) is 7.54. The van der Waals surface area contributed by atoms with E-state index in [0.717, 1.165) is 17.7 Å². The SMILES string of the molecule is N#Cc1c(-c2ccccc2)noc1C=CNc1cccc(C(F)(F)F)c1. The van der Waals surface area contributed by atoms with Crippen molar-refractivity contribution in [2.24, 2.45) is 0 Å². The second kappa shape index (κ2) is 7.15. The Balaban J connectivity index is 1.80. The molecule has 7 heteroatoms. The van der Waals surface area contributed by atoms with Crippen LogP contribution < -0.4 is 5.32 Å². The number of halogens is 3. The summed E-state index contributed by atoms with van der Waals surface area (Å²) >= 11 is 0. The van der Waals surface area contributed by atoms with Crippen LogP contribution in [0.1, 0.15) is 16.9 Å². The quantitative estimate of drug-likeness (QED) is 0.688. The molecule has 1 aromatic heterocycles. The summed E-state index contributed by atoms with van der Waals surface area (Å²) in [5, 5.41) is 16.0. The maximum atomic E-state index is 12.7. The van der Waals surface area contributed by atoms with E-state index in [4.69, 9.17) is 4.52 Å². The molecule has 0 radical (unpaired) electrons. The standard InChI is InChI=1S/C19H12F3N3O/c20-19(21,22)14-7-4-8-15(11-14)24-10-9-17-16(12-23)18(25-26-17)13-5-2-1-3-6-13/h1-11,24H. The summed E-state index contributed by atoms with van der Waals surface area (Å²) in [7, 11) is 0. The van der Waals surface area contributed by atoms with E-state index in [2.05, 4.69) is 10.5 Å². The Bertz CT molecular complexity index is 970. The van der Waals surface area contributed by atoms with Crippen molar-refractivity contribution in [1.82, 2.24) is 5.16 Å². The van der Waals surface area contributed by atoms with Crippen LogP contribution in [0.5, 0.6) is 0 Å².